The van der Waals surface area contributed by atoms with Gasteiger partial charge in [-0.05, 0) is 39.2 Å². The molecule has 1 N–H and O–H groups in total. The molecule has 0 aromatic heterocycles. The van der Waals surface area contributed by atoms with Crippen LogP contribution in [0.4, 0.5) is 0 Å². The summed E-state index contributed by atoms with van der Waals surface area (Å²) in [6.45, 7) is 4.02. The first-order valence-corrected chi connectivity index (χ1v) is 7.86. The zero-order valence-corrected chi connectivity index (χ0v) is 11.8. The lowest BCUT2D eigenvalue weighted by molar-refractivity contribution is -0.136. The van der Waals surface area contributed by atoms with E-state index in [9.17, 15) is 4.79 Å². The summed E-state index contributed by atoms with van der Waals surface area (Å²) in [6, 6.07) is 0.607. The molecule has 1 aliphatic carbocycles. The van der Waals surface area contributed by atoms with Crippen LogP contribution in [-0.2, 0) is 4.79 Å². The summed E-state index contributed by atoms with van der Waals surface area (Å²) < 4.78 is 0. The van der Waals surface area contributed by atoms with Crippen LogP contribution in [-0.4, -0.2) is 36.0 Å². The second-order valence-corrected chi connectivity index (χ2v) is 5.77. The highest BCUT2D eigenvalue weighted by Gasteiger charge is 2.29. The lowest BCUT2D eigenvalue weighted by Crippen LogP contribution is -2.50. The maximum Gasteiger partial charge on any atom is 0.239 e. The summed E-state index contributed by atoms with van der Waals surface area (Å²) in [6.07, 6.45) is 11.1. The van der Waals surface area contributed by atoms with Crippen LogP contribution in [0.25, 0.3) is 0 Å². The van der Waals surface area contributed by atoms with E-state index in [4.69, 9.17) is 0 Å². The normalized spacial score (nSPS) is 26.6. The van der Waals surface area contributed by atoms with Gasteiger partial charge in [0.15, 0.2) is 0 Å². The van der Waals surface area contributed by atoms with Crippen LogP contribution in [0.3, 0.4) is 0 Å². The standard InChI is InChI=1S/C15H28N2O/c1-2-17(13-9-5-3-6-10-13)15(18)14-11-7-4-8-12-16-14/h13-14,16H,2-12H2,1H3. The van der Waals surface area contributed by atoms with E-state index >= 15 is 0 Å². The van der Waals surface area contributed by atoms with Gasteiger partial charge in [0.05, 0.1) is 6.04 Å². The SMILES string of the molecule is CCN(C(=O)C1CCCCCN1)C1CCCCC1. The number of rotatable bonds is 3. The van der Waals surface area contributed by atoms with E-state index in [2.05, 4.69) is 17.1 Å². The number of hydrogen-bond acceptors (Lipinski definition) is 2. The van der Waals surface area contributed by atoms with Gasteiger partial charge in [-0.25, -0.2) is 0 Å². The number of hydrogen-bond donors (Lipinski definition) is 1. The number of nitrogens with one attached hydrogen (secondary N) is 1. The van der Waals surface area contributed by atoms with E-state index in [-0.39, 0.29) is 6.04 Å². The molecule has 3 heteroatoms. The maximum absolute atomic E-state index is 12.6. The highest BCUT2D eigenvalue weighted by Crippen LogP contribution is 2.23. The minimum Gasteiger partial charge on any atom is -0.339 e. The molecule has 0 aromatic carbocycles. The molecule has 1 saturated heterocycles. The van der Waals surface area contributed by atoms with Crippen molar-refractivity contribution < 1.29 is 4.79 Å². The van der Waals surface area contributed by atoms with Crippen molar-refractivity contribution in [1.29, 1.82) is 0 Å². The predicted molar refractivity (Wildman–Crippen MR) is 74.5 cm³/mol. The van der Waals surface area contributed by atoms with Crippen molar-refractivity contribution in [2.24, 2.45) is 0 Å². The molecule has 104 valence electrons. The van der Waals surface area contributed by atoms with Crippen molar-refractivity contribution in [3.63, 3.8) is 0 Å². The lowest BCUT2D eigenvalue weighted by Gasteiger charge is -2.36. The van der Waals surface area contributed by atoms with E-state index < -0.39 is 0 Å². The molecule has 1 unspecified atom stereocenters. The first-order valence-electron chi connectivity index (χ1n) is 7.86. The van der Waals surface area contributed by atoms with Crippen molar-refractivity contribution in [3.8, 4) is 0 Å². The van der Waals surface area contributed by atoms with Gasteiger partial charge in [-0.1, -0.05) is 32.1 Å². The molecule has 0 spiro atoms. The monoisotopic (exact) mass is 252 g/mol. The summed E-state index contributed by atoms with van der Waals surface area (Å²) in [7, 11) is 0. The van der Waals surface area contributed by atoms with Gasteiger partial charge in [0.1, 0.15) is 0 Å². The second-order valence-electron chi connectivity index (χ2n) is 5.77. The van der Waals surface area contributed by atoms with Crippen molar-refractivity contribution in [1.82, 2.24) is 10.2 Å². The fourth-order valence-electron chi connectivity index (χ4n) is 3.43. The second kappa shape index (κ2) is 7.13. The third kappa shape index (κ3) is 3.47. The molecule has 0 radical (unpaired) electrons. The average Bonchev–Trinajstić information content (AvgIpc) is 2.69. The molecule has 1 aliphatic heterocycles. The van der Waals surface area contributed by atoms with Gasteiger partial charge in [0, 0.05) is 12.6 Å². The number of likely N-dealkylation sites (N-methyl/N-ethyl adjacent to an activating group) is 1. The zero-order chi connectivity index (χ0) is 12.8. The molecule has 2 fully saturated rings. The molecule has 2 aliphatic rings. The Morgan fingerprint density at radius 3 is 2.44 bits per heavy atom. The Hall–Kier alpha value is -0.570. The Kier molecular flexibility index (Phi) is 5.48. The molecule has 2 rings (SSSR count). The Bertz CT molecular complexity index is 253. The number of nitrogens with zero attached hydrogens (tertiary/aromatic N) is 1. The molecule has 0 bridgehead atoms. The lowest BCUT2D eigenvalue weighted by atomic mass is 9.93. The van der Waals surface area contributed by atoms with Gasteiger partial charge in [-0.2, -0.15) is 0 Å². The van der Waals surface area contributed by atoms with Crippen LogP contribution < -0.4 is 5.32 Å². The molecule has 0 aromatic rings. The fourth-order valence-corrected chi connectivity index (χ4v) is 3.43. The molecule has 1 saturated carbocycles. The van der Waals surface area contributed by atoms with Gasteiger partial charge in [-0.15, -0.1) is 0 Å². The molecular weight excluding hydrogens is 224 g/mol. The van der Waals surface area contributed by atoms with E-state index in [1.54, 1.807) is 0 Å². The smallest absolute Gasteiger partial charge is 0.239 e. The Balaban J connectivity index is 1.94. The van der Waals surface area contributed by atoms with Crippen LogP contribution >= 0.6 is 0 Å². The highest BCUT2D eigenvalue weighted by atomic mass is 16.2. The molecule has 3 nitrogen and oxygen atoms in total. The maximum atomic E-state index is 12.6. The van der Waals surface area contributed by atoms with Crippen LogP contribution in [0.1, 0.15) is 64.7 Å². The largest absolute Gasteiger partial charge is 0.339 e. The molecule has 1 amide bonds. The first-order chi connectivity index (χ1) is 8.83. The Morgan fingerprint density at radius 2 is 1.72 bits per heavy atom. The Morgan fingerprint density at radius 1 is 1.06 bits per heavy atom. The van der Waals surface area contributed by atoms with Crippen LogP contribution in [0.2, 0.25) is 0 Å². The van der Waals surface area contributed by atoms with E-state index in [1.165, 1.54) is 51.4 Å². The van der Waals surface area contributed by atoms with E-state index in [0.29, 0.717) is 11.9 Å². The molecular formula is C15H28N2O. The highest BCUT2D eigenvalue weighted by molar-refractivity contribution is 5.82. The number of carbonyl (C=O) groups excluding carboxylic acids is 1. The van der Waals surface area contributed by atoms with Gasteiger partial charge < -0.3 is 10.2 Å². The summed E-state index contributed by atoms with van der Waals surface area (Å²) in [5, 5.41) is 3.44. The molecule has 1 heterocycles. The number of carbonyl (C=O) groups is 1. The van der Waals surface area contributed by atoms with Crippen molar-refractivity contribution in [3.05, 3.63) is 0 Å². The quantitative estimate of drug-likeness (QED) is 0.837. The molecule has 18 heavy (non-hydrogen) atoms. The van der Waals surface area contributed by atoms with Gasteiger partial charge in [0.2, 0.25) is 5.91 Å². The summed E-state index contributed by atoms with van der Waals surface area (Å²) in [5.41, 5.74) is 0. The van der Waals surface area contributed by atoms with Gasteiger partial charge >= 0.3 is 0 Å². The first kappa shape index (κ1) is 13.9. The van der Waals surface area contributed by atoms with Gasteiger partial charge in [-0.3, -0.25) is 4.79 Å². The third-order valence-electron chi connectivity index (χ3n) is 4.50. The summed E-state index contributed by atoms with van der Waals surface area (Å²) >= 11 is 0. The van der Waals surface area contributed by atoms with Crippen LogP contribution in [0.15, 0.2) is 0 Å². The average molecular weight is 252 g/mol. The fraction of sp³-hybridized carbons (Fsp3) is 0.933. The van der Waals surface area contributed by atoms with Crippen molar-refractivity contribution in [2.45, 2.75) is 76.8 Å². The molecule has 1 atom stereocenters. The third-order valence-corrected chi connectivity index (χ3v) is 4.50. The van der Waals surface area contributed by atoms with Crippen LogP contribution in [0.5, 0.6) is 0 Å². The summed E-state index contributed by atoms with van der Waals surface area (Å²) in [5.74, 6) is 0.367. The minimum absolute atomic E-state index is 0.0920. The minimum atomic E-state index is 0.0920. The van der Waals surface area contributed by atoms with Crippen molar-refractivity contribution in [2.75, 3.05) is 13.1 Å². The zero-order valence-electron chi connectivity index (χ0n) is 11.8. The van der Waals surface area contributed by atoms with E-state index in [1.807, 2.05) is 0 Å². The number of amides is 1. The summed E-state index contributed by atoms with van der Waals surface area (Å²) in [4.78, 5) is 14.8. The van der Waals surface area contributed by atoms with E-state index in [0.717, 1.165) is 19.5 Å². The Labute approximate surface area is 111 Å². The predicted octanol–water partition coefficient (Wildman–Crippen LogP) is 2.70. The van der Waals surface area contributed by atoms with Crippen LogP contribution in [0, 0.1) is 0 Å². The van der Waals surface area contributed by atoms with Gasteiger partial charge in [0.25, 0.3) is 0 Å². The van der Waals surface area contributed by atoms with Crippen molar-refractivity contribution >= 4 is 5.91 Å². The topological polar surface area (TPSA) is 32.3 Å².